The predicted molar refractivity (Wildman–Crippen MR) is 114 cm³/mol. The van der Waals surface area contributed by atoms with Crippen molar-refractivity contribution in [2.75, 3.05) is 11.5 Å². The van der Waals surface area contributed by atoms with Crippen LogP contribution in [0.2, 0.25) is 0 Å². The molecular formula is C18H23N9O6. The number of nitrogens with zero attached hydrogens (tertiary/aromatic N) is 8. The molecule has 2 aliphatic heterocycles. The Morgan fingerprint density at radius 3 is 2.52 bits per heavy atom. The largest absolute Gasteiger partial charge is 0.394 e. The Morgan fingerprint density at radius 2 is 1.85 bits per heavy atom. The van der Waals surface area contributed by atoms with Crippen LogP contribution in [0.25, 0.3) is 11.2 Å². The lowest BCUT2D eigenvalue weighted by Gasteiger charge is -2.28. The van der Waals surface area contributed by atoms with Crippen molar-refractivity contribution < 1.29 is 20.1 Å². The third-order valence-electron chi connectivity index (χ3n) is 6.15. The van der Waals surface area contributed by atoms with Crippen molar-refractivity contribution in [3.63, 3.8) is 0 Å². The number of hydrogen-bond donors (Lipinski definition) is 4. The molecule has 15 heteroatoms. The van der Waals surface area contributed by atoms with E-state index in [0.717, 1.165) is 4.57 Å². The summed E-state index contributed by atoms with van der Waals surface area (Å²) in [6.07, 6.45) is -2.64. The van der Waals surface area contributed by atoms with Gasteiger partial charge in [-0.15, -0.1) is 0 Å². The first-order chi connectivity index (χ1) is 15.7. The maximum Gasteiger partial charge on any atom is 0.332 e. The van der Waals surface area contributed by atoms with Crippen molar-refractivity contribution in [3.05, 3.63) is 32.9 Å². The average Bonchev–Trinajstić information content (AvgIpc) is 3.46. The lowest BCUT2D eigenvalue weighted by molar-refractivity contribution is -0.0520. The molecule has 5 heterocycles. The first-order valence-corrected chi connectivity index (χ1v) is 10.1. The molecule has 0 amide bonds. The summed E-state index contributed by atoms with van der Waals surface area (Å²) >= 11 is 0. The number of ether oxygens (including phenoxy) is 1. The smallest absolute Gasteiger partial charge is 0.332 e. The third-order valence-corrected chi connectivity index (χ3v) is 6.15. The van der Waals surface area contributed by atoms with Crippen LogP contribution < -0.4 is 21.9 Å². The van der Waals surface area contributed by atoms with Gasteiger partial charge in [0.05, 0.1) is 12.9 Å². The molecule has 0 aliphatic carbocycles. The second-order valence-corrected chi connectivity index (χ2v) is 8.04. The van der Waals surface area contributed by atoms with Gasteiger partial charge in [0, 0.05) is 21.1 Å². The number of nitrogens with two attached hydrogens (primary N) is 1. The van der Waals surface area contributed by atoms with Gasteiger partial charge in [0.15, 0.2) is 23.2 Å². The van der Waals surface area contributed by atoms with Gasteiger partial charge in [-0.05, 0) is 0 Å². The molecule has 5 rings (SSSR count). The van der Waals surface area contributed by atoms with Crippen LogP contribution in [-0.4, -0.2) is 74.8 Å². The minimum absolute atomic E-state index is 0.198. The Hall–Kier alpha value is -3.37. The van der Waals surface area contributed by atoms with Crippen LogP contribution in [0.3, 0.4) is 0 Å². The Balaban J connectivity index is 1.56. The molecule has 1 saturated heterocycles. The molecule has 0 radical (unpaired) electrons. The van der Waals surface area contributed by atoms with Crippen LogP contribution >= 0.6 is 0 Å². The molecule has 3 unspecified atom stereocenters. The summed E-state index contributed by atoms with van der Waals surface area (Å²) in [5.74, 6) is 0.573. The van der Waals surface area contributed by atoms with Gasteiger partial charge in [-0.3, -0.25) is 23.4 Å². The van der Waals surface area contributed by atoms with E-state index in [1.54, 1.807) is 7.05 Å². The standard InChI is InChI=1S/C18H23N9O6/c1-23-9-14(24(2)18(32)25(3)15(9)31)22-17(23)26-6-21-13-8(12(26)19)20-5-27(13)16-11(30)10(29)7(4-28)33-16/h5-7,10-12,16,28-30H,4,19H2,1-3H3/t7-,10?,11?,12?,16-/m1/s1. The van der Waals surface area contributed by atoms with Gasteiger partial charge in [0.2, 0.25) is 5.95 Å². The summed E-state index contributed by atoms with van der Waals surface area (Å²) in [7, 11) is 4.54. The molecule has 2 aliphatic rings. The van der Waals surface area contributed by atoms with E-state index in [-0.39, 0.29) is 17.1 Å². The minimum atomic E-state index is -1.30. The highest BCUT2D eigenvalue weighted by molar-refractivity contribution is 5.85. The topological polar surface area (TPSA) is 191 Å². The highest BCUT2D eigenvalue weighted by atomic mass is 16.6. The number of imidazole rings is 2. The van der Waals surface area contributed by atoms with Crippen LogP contribution in [0.15, 0.2) is 20.9 Å². The summed E-state index contributed by atoms with van der Waals surface area (Å²) < 4.78 is 10.8. The third kappa shape index (κ3) is 2.83. The SMILES string of the molecule is Cn1c(=O)c2c(nc(N3C=Nc4c(ncn4[C@@H]4O[C@H](CO)C(O)C4O)C3N)n2C)n(C)c1=O. The molecule has 3 aromatic heterocycles. The fraction of sp³-hybridized carbons (Fsp3) is 0.500. The monoisotopic (exact) mass is 461 g/mol. The van der Waals surface area contributed by atoms with Gasteiger partial charge in [-0.1, -0.05) is 0 Å². The van der Waals surface area contributed by atoms with Gasteiger partial charge in [0.1, 0.15) is 36.5 Å². The maximum atomic E-state index is 12.7. The van der Waals surface area contributed by atoms with E-state index in [9.17, 15) is 24.9 Å². The first-order valence-electron chi connectivity index (χ1n) is 10.1. The van der Waals surface area contributed by atoms with Crippen LogP contribution in [0, 0.1) is 0 Å². The lowest BCUT2D eigenvalue weighted by atomic mass is 10.1. The highest BCUT2D eigenvalue weighted by Gasteiger charge is 2.45. The first kappa shape index (κ1) is 21.5. The second kappa shape index (κ2) is 7.32. The van der Waals surface area contributed by atoms with Gasteiger partial charge in [-0.25, -0.2) is 14.8 Å². The Bertz CT molecular complexity index is 1400. The number of aliphatic imine (C=N–C) groups is 1. The molecule has 0 saturated carbocycles. The quantitative estimate of drug-likeness (QED) is 0.311. The summed E-state index contributed by atoms with van der Waals surface area (Å²) in [6.45, 7) is -0.461. The van der Waals surface area contributed by atoms with Crippen LogP contribution in [0.5, 0.6) is 0 Å². The van der Waals surface area contributed by atoms with Crippen molar-refractivity contribution in [1.29, 1.82) is 0 Å². The van der Waals surface area contributed by atoms with Crippen molar-refractivity contribution in [3.8, 4) is 0 Å². The number of aliphatic hydroxyl groups excluding tert-OH is 3. The van der Waals surface area contributed by atoms with Crippen LogP contribution in [0.1, 0.15) is 18.1 Å². The fourth-order valence-corrected chi connectivity index (χ4v) is 4.24. The van der Waals surface area contributed by atoms with Crippen molar-refractivity contribution in [1.82, 2.24) is 28.2 Å². The molecule has 5 atom stereocenters. The van der Waals surface area contributed by atoms with E-state index >= 15 is 0 Å². The summed E-state index contributed by atoms with van der Waals surface area (Å²) in [6, 6.07) is 0. The Kier molecular flexibility index (Phi) is 4.77. The highest BCUT2D eigenvalue weighted by Crippen LogP contribution is 2.38. The summed E-state index contributed by atoms with van der Waals surface area (Å²) in [5.41, 5.74) is 6.19. The zero-order valence-electron chi connectivity index (χ0n) is 18.0. The number of aliphatic hydroxyl groups is 3. The summed E-state index contributed by atoms with van der Waals surface area (Å²) in [5, 5.41) is 29.7. The second-order valence-electron chi connectivity index (χ2n) is 8.04. The van der Waals surface area contributed by atoms with Crippen molar-refractivity contribution in [2.24, 2.45) is 31.9 Å². The van der Waals surface area contributed by atoms with E-state index in [1.165, 1.54) is 45.4 Å². The lowest BCUT2D eigenvalue weighted by Crippen LogP contribution is -2.38. The number of fused-ring (bicyclic) bond motifs is 2. The molecule has 5 N–H and O–H groups in total. The van der Waals surface area contributed by atoms with E-state index in [1.807, 2.05) is 0 Å². The normalized spacial score (nSPS) is 27.0. The van der Waals surface area contributed by atoms with Crippen molar-refractivity contribution >= 4 is 29.3 Å². The average molecular weight is 461 g/mol. The van der Waals surface area contributed by atoms with E-state index in [4.69, 9.17) is 10.5 Å². The maximum absolute atomic E-state index is 12.7. The zero-order chi connectivity index (χ0) is 23.8. The molecule has 176 valence electrons. The summed E-state index contributed by atoms with van der Waals surface area (Å²) in [4.78, 5) is 39.6. The Labute approximate surface area is 185 Å². The number of aryl methyl sites for hydroxylation is 2. The molecule has 3 aromatic rings. The number of rotatable bonds is 3. The molecule has 1 fully saturated rings. The van der Waals surface area contributed by atoms with Gasteiger partial charge in [0.25, 0.3) is 5.56 Å². The Morgan fingerprint density at radius 1 is 1.12 bits per heavy atom. The van der Waals surface area contributed by atoms with Gasteiger partial charge >= 0.3 is 5.69 Å². The van der Waals surface area contributed by atoms with Crippen molar-refractivity contribution in [2.45, 2.75) is 30.7 Å². The zero-order valence-corrected chi connectivity index (χ0v) is 18.0. The van der Waals surface area contributed by atoms with Gasteiger partial charge in [-0.2, -0.15) is 4.98 Å². The molecule has 33 heavy (non-hydrogen) atoms. The predicted octanol–water partition coefficient (Wildman–Crippen LogP) is -3.08. The molecule has 0 spiro atoms. The van der Waals surface area contributed by atoms with Gasteiger partial charge < -0.3 is 30.4 Å². The number of aromatic nitrogens is 6. The van der Waals surface area contributed by atoms with Crippen LogP contribution in [0.4, 0.5) is 11.8 Å². The number of hydrogen-bond acceptors (Lipinski definition) is 11. The fourth-order valence-electron chi connectivity index (χ4n) is 4.24. The molecule has 15 nitrogen and oxygen atoms in total. The molecule has 0 aromatic carbocycles. The van der Waals surface area contributed by atoms with E-state index in [2.05, 4.69) is 15.0 Å². The molecule has 0 bridgehead atoms. The van der Waals surface area contributed by atoms with Crippen LogP contribution in [-0.2, 0) is 25.9 Å². The van der Waals surface area contributed by atoms with E-state index < -0.39 is 48.6 Å². The molecular weight excluding hydrogens is 438 g/mol. The minimum Gasteiger partial charge on any atom is -0.394 e. The van der Waals surface area contributed by atoms with E-state index in [0.29, 0.717) is 11.5 Å². The number of anilines is 1.